The molecule has 0 amide bonds. The first kappa shape index (κ1) is 18.6. The summed E-state index contributed by atoms with van der Waals surface area (Å²) in [7, 11) is -0.677. The molecule has 3 aromatic heterocycles. The summed E-state index contributed by atoms with van der Waals surface area (Å²) < 4.78 is 37.3. The number of nitrogens with zero attached hydrogens (tertiary/aromatic N) is 5. The molecule has 0 unspecified atom stereocenters. The van der Waals surface area contributed by atoms with Gasteiger partial charge in [-0.1, -0.05) is 0 Å². The molecule has 4 aromatic rings. The van der Waals surface area contributed by atoms with Gasteiger partial charge in [0.05, 0.1) is 31.2 Å². The Balaban J connectivity index is 1.51. The molecular weight excluding hydrogens is 404 g/mol. The van der Waals surface area contributed by atoms with Crippen molar-refractivity contribution in [2.75, 3.05) is 11.8 Å². The van der Waals surface area contributed by atoms with Crippen LogP contribution in [0.2, 0.25) is 0 Å². The minimum Gasteiger partial charge on any atom is -0.494 e. The molecule has 1 aromatic carbocycles. The Labute approximate surface area is 173 Å². The lowest BCUT2D eigenvalue weighted by Gasteiger charge is -2.13. The van der Waals surface area contributed by atoms with E-state index in [4.69, 9.17) is 4.74 Å². The second-order valence-electron chi connectivity index (χ2n) is 7.30. The second-order valence-corrected chi connectivity index (χ2v) is 8.98. The molecule has 1 fully saturated rings. The van der Waals surface area contributed by atoms with Crippen molar-refractivity contribution in [3.05, 3.63) is 54.6 Å². The van der Waals surface area contributed by atoms with Crippen LogP contribution in [0.15, 0.2) is 53.9 Å². The number of benzene rings is 1. The molecule has 154 valence electrons. The van der Waals surface area contributed by atoms with Crippen LogP contribution >= 0.6 is 0 Å². The Kier molecular flexibility index (Phi) is 4.24. The zero-order chi connectivity index (χ0) is 20.9. The van der Waals surface area contributed by atoms with Crippen LogP contribution in [-0.2, 0) is 17.1 Å². The third kappa shape index (κ3) is 3.18. The van der Waals surface area contributed by atoms with Crippen LogP contribution in [0.4, 0.5) is 5.69 Å². The van der Waals surface area contributed by atoms with Gasteiger partial charge in [0.2, 0.25) is 0 Å². The molecule has 1 aliphatic rings. The monoisotopic (exact) mass is 424 g/mol. The first-order chi connectivity index (χ1) is 14.5. The van der Waals surface area contributed by atoms with E-state index in [-0.39, 0.29) is 4.90 Å². The minimum absolute atomic E-state index is 0.0300. The van der Waals surface area contributed by atoms with E-state index in [2.05, 4.69) is 19.9 Å². The van der Waals surface area contributed by atoms with Crippen LogP contribution < -0.4 is 9.46 Å². The fourth-order valence-corrected chi connectivity index (χ4v) is 4.52. The predicted molar refractivity (Wildman–Crippen MR) is 111 cm³/mol. The number of hydrogen-bond acceptors (Lipinski definition) is 6. The SMILES string of the molecule is COc1ccc2cnn(C)c2c1NS(=O)(=O)c1cnn(-c2cc(C3CC3)ccn2)c1. The van der Waals surface area contributed by atoms with Crippen LogP contribution in [0.5, 0.6) is 5.75 Å². The minimum atomic E-state index is -3.92. The number of aromatic nitrogens is 5. The zero-order valence-corrected chi connectivity index (χ0v) is 17.3. The molecule has 9 nitrogen and oxygen atoms in total. The number of sulfonamides is 1. The number of rotatable bonds is 6. The van der Waals surface area contributed by atoms with Gasteiger partial charge in [-0.3, -0.25) is 9.40 Å². The number of hydrogen-bond donors (Lipinski definition) is 1. The Morgan fingerprint density at radius 3 is 2.77 bits per heavy atom. The molecular formula is C20H20N6O3S. The van der Waals surface area contributed by atoms with Crippen molar-refractivity contribution in [3.8, 4) is 11.6 Å². The van der Waals surface area contributed by atoms with E-state index in [0.29, 0.717) is 28.7 Å². The van der Waals surface area contributed by atoms with E-state index < -0.39 is 10.0 Å². The summed E-state index contributed by atoms with van der Waals surface area (Å²) in [5, 5.41) is 9.22. The number of anilines is 1. The van der Waals surface area contributed by atoms with Crippen molar-refractivity contribution in [2.45, 2.75) is 23.7 Å². The first-order valence-electron chi connectivity index (χ1n) is 9.49. The molecule has 0 saturated heterocycles. The largest absolute Gasteiger partial charge is 0.494 e. The van der Waals surface area contributed by atoms with E-state index in [9.17, 15) is 8.42 Å². The summed E-state index contributed by atoms with van der Waals surface area (Å²) >= 11 is 0. The number of pyridine rings is 1. The van der Waals surface area contributed by atoms with Crippen LogP contribution in [0, 0.1) is 0 Å². The summed E-state index contributed by atoms with van der Waals surface area (Å²) in [6.45, 7) is 0. The summed E-state index contributed by atoms with van der Waals surface area (Å²) in [5.41, 5.74) is 2.16. The van der Waals surface area contributed by atoms with Crippen LogP contribution in [0.3, 0.4) is 0 Å². The van der Waals surface area contributed by atoms with E-state index in [1.807, 2.05) is 18.2 Å². The number of aryl methyl sites for hydroxylation is 1. The van der Waals surface area contributed by atoms with Crippen molar-refractivity contribution >= 4 is 26.6 Å². The van der Waals surface area contributed by atoms with Crippen molar-refractivity contribution in [2.24, 2.45) is 7.05 Å². The van der Waals surface area contributed by atoms with Gasteiger partial charge in [0.1, 0.15) is 16.3 Å². The maximum absolute atomic E-state index is 13.1. The molecule has 1 saturated carbocycles. The number of methoxy groups -OCH3 is 1. The topological polar surface area (TPSA) is 104 Å². The Morgan fingerprint density at radius 1 is 1.17 bits per heavy atom. The fourth-order valence-electron chi connectivity index (χ4n) is 3.51. The summed E-state index contributed by atoms with van der Waals surface area (Å²) in [6.07, 6.45) is 8.51. The summed E-state index contributed by atoms with van der Waals surface area (Å²) in [6, 6.07) is 7.48. The smallest absolute Gasteiger partial charge is 0.265 e. The van der Waals surface area contributed by atoms with Gasteiger partial charge in [0, 0.05) is 18.6 Å². The molecule has 0 spiro atoms. The highest BCUT2D eigenvalue weighted by atomic mass is 32.2. The molecule has 0 aliphatic heterocycles. The van der Waals surface area contributed by atoms with Gasteiger partial charge < -0.3 is 4.74 Å². The molecule has 30 heavy (non-hydrogen) atoms. The molecule has 0 radical (unpaired) electrons. The Morgan fingerprint density at radius 2 is 2.00 bits per heavy atom. The van der Waals surface area contributed by atoms with Gasteiger partial charge in [-0.15, -0.1) is 0 Å². The molecule has 1 aliphatic carbocycles. The normalized spacial score (nSPS) is 14.2. The van der Waals surface area contributed by atoms with Crippen molar-refractivity contribution in [1.29, 1.82) is 0 Å². The van der Waals surface area contributed by atoms with Crippen molar-refractivity contribution < 1.29 is 13.2 Å². The zero-order valence-electron chi connectivity index (χ0n) is 16.5. The highest BCUT2D eigenvalue weighted by Gasteiger charge is 2.25. The van der Waals surface area contributed by atoms with Crippen LogP contribution in [0.25, 0.3) is 16.7 Å². The molecule has 0 atom stereocenters. The fraction of sp³-hybridized carbons (Fsp3) is 0.250. The standard InChI is InChI=1S/C20H20N6O3S/c1-25-20-15(10-22-25)5-6-17(29-2)19(20)24-30(27,28)16-11-23-26(12-16)18-9-14(7-8-21-18)13-3-4-13/h5-13,24H,3-4H2,1-2H3. The van der Waals surface area contributed by atoms with Crippen molar-refractivity contribution in [1.82, 2.24) is 24.5 Å². The second kappa shape index (κ2) is 6.84. The number of nitrogens with one attached hydrogen (secondary N) is 1. The van der Waals surface area contributed by atoms with Gasteiger partial charge >= 0.3 is 0 Å². The lowest BCUT2D eigenvalue weighted by atomic mass is 10.2. The Bertz CT molecular complexity index is 1350. The molecule has 1 N–H and O–H groups in total. The number of fused-ring (bicyclic) bond motifs is 1. The summed E-state index contributed by atoms with van der Waals surface area (Å²) in [5.74, 6) is 1.56. The van der Waals surface area contributed by atoms with E-state index in [0.717, 1.165) is 5.39 Å². The lowest BCUT2D eigenvalue weighted by Crippen LogP contribution is -2.14. The van der Waals surface area contributed by atoms with Crippen LogP contribution in [0.1, 0.15) is 24.3 Å². The summed E-state index contributed by atoms with van der Waals surface area (Å²) in [4.78, 5) is 4.36. The molecule has 0 bridgehead atoms. The molecule has 3 heterocycles. The predicted octanol–water partition coefficient (Wildman–Crippen LogP) is 2.84. The Hall–Kier alpha value is -3.40. The highest BCUT2D eigenvalue weighted by Crippen LogP contribution is 2.40. The molecule has 5 rings (SSSR count). The highest BCUT2D eigenvalue weighted by molar-refractivity contribution is 7.92. The van der Waals surface area contributed by atoms with E-state index in [1.54, 1.807) is 30.2 Å². The first-order valence-corrected chi connectivity index (χ1v) is 11.0. The van der Waals surface area contributed by atoms with E-state index >= 15 is 0 Å². The average molecular weight is 424 g/mol. The van der Waals surface area contributed by atoms with Crippen LogP contribution in [-0.4, -0.2) is 40.1 Å². The maximum atomic E-state index is 13.1. The lowest BCUT2D eigenvalue weighted by molar-refractivity contribution is 0.417. The van der Waals surface area contributed by atoms with Gasteiger partial charge in [-0.05, 0) is 48.6 Å². The third-order valence-electron chi connectivity index (χ3n) is 5.24. The average Bonchev–Trinajstić information content (AvgIpc) is 3.34. The number of ether oxygens (including phenoxy) is 1. The van der Waals surface area contributed by atoms with Gasteiger partial charge in [-0.25, -0.2) is 18.1 Å². The molecule has 10 heteroatoms. The third-order valence-corrected chi connectivity index (χ3v) is 6.55. The van der Waals surface area contributed by atoms with Gasteiger partial charge in [0.15, 0.2) is 5.82 Å². The van der Waals surface area contributed by atoms with E-state index in [1.165, 1.54) is 42.6 Å². The van der Waals surface area contributed by atoms with Crippen molar-refractivity contribution in [3.63, 3.8) is 0 Å². The van der Waals surface area contributed by atoms with Gasteiger partial charge in [-0.2, -0.15) is 10.2 Å². The quantitative estimate of drug-likeness (QED) is 0.510. The maximum Gasteiger partial charge on any atom is 0.265 e. The van der Waals surface area contributed by atoms with Gasteiger partial charge in [0.25, 0.3) is 10.0 Å².